The number of carbonyl (C=O) groups excluding carboxylic acids is 2. The molecular weight excluding hydrogens is 327 g/mol. The summed E-state index contributed by atoms with van der Waals surface area (Å²) in [6.45, 7) is 2.54. The van der Waals surface area contributed by atoms with Crippen LogP contribution in [0.25, 0.3) is 0 Å². The maximum absolute atomic E-state index is 11.7. The van der Waals surface area contributed by atoms with Crippen LogP contribution in [0.5, 0.6) is 0 Å². The third-order valence-electron chi connectivity index (χ3n) is 2.98. The molecule has 0 saturated carbocycles. The van der Waals surface area contributed by atoms with Gasteiger partial charge in [-0.15, -0.1) is 0 Å². The molecule has 2 amide bonds. The molecule has 0 spiro atoms. The fraction of sp³-hybridized carbons (Fsp3) is 0.467. The van der Waals surface area contributed by atoms with Crippen LogP contribution in [0.1, 0.15) is 37.9 Å². The smallest absolute Gasteiger partial charge is 0.220 e. The molecule has 1 aromatic carbocycles. The standard InChI is InChI=1S/C15H20Cl2N2O3/c1-2-8-18-13(21)6-7-14(22)19-9-12(20)15-10(16)4-3-5-11(15)17/h3-5,12,20H,2,6-9H2,1H3,(H,18,21)(H,19,22)/t12-/m1/s1. The zero-order valence-electron chi connectivity index (χ0n) is 12.4. The van der Waals surface area contributed by atoms with Crippen LogP contribution in [0.3, 0.4) is 0 Å². The first kappa shape index (κ1) is 18.7. The van der Waals surface area contributed by atoms with E-state index < -0.39 is 6.10 Å². The summed E-state index contributed by atoms with van der Waals surface area (Å²) in [5, 5.41) is 16.0. The first-order valence-corrected chi connectivity index (χ1v) is 7.86. The first-order chi connectivity index (χ1) is 10.5. The summed E-state index contributed by atoms with van der Waals surface area (Å²) >= 11 is 12.0. The van der Waals surface area contributed by atoms with Gasteiger partial charge in [-0.05, 0) is 18.6 Å². The highest BCUT2D eigenvalue weighted by atomic mass is 35.5. The fourth-order valence-corrected chi connectivity index (χ4v) is 2.46. The van der Waals surface area contributed by atoms with Crippen LogP contribution in [0.2, 0.25) is 10.0 Å². The molecule has 22 heavy (non-hydrogen) atoms. The van der Waals surface area contributed by atoms with Crippen molar-refractivity contribution in [2.75, 3.05) is 13.1 Å². The molecule has 0 heterocycles. The van der Waals surface area contributed by atoms with Gasteiger partial charge < -0.3 is 15.7 Å². The minimum absolute atomic E-state index is 0.0150. The number of hydrogen-bond donors (Lipinski definition) is 3. The van der Waals surface area contributed by atoms with Crippen molar-refractivity contribution in [1.82, 2.24) is 10.6 Å². The first-order valence-electron chi connectivity index (χ1n) is 7.11. The molecule has 1 atom stereocenters. The number of halogens is 2. The van der Waals surface area contributed by atoms with Gasteiger partial charge in [0.25, 0.3) is 0 Å². The molecule has 5 nitrogen and oxygen atoms in total. The zero-order valence-corrected chi connectivity index (χ0v) is 13.9. The molecule has 0 unspecified atom stereocenters. The minimum Gasteiger partial charge on any atom is -0.386 e. The number of carbonyl (C=O) groups is 2. The van der Waals surface area contributed by atoms with Gasteiger partial charge in [0, 0.05) is 41.5 Å². The molecule has 1 aromatic rings. The van der Waals surface area contributed by atoms with Crippen molar-refractivity contribution < 1.29 is 14.7 Å². The number of nitrogens with one attached hydrogen (secondary N) is 2. The molecule has 0 fully saturated rings. The van der Waals surface area contributed by atoms with Crippen LogP contribution in [-0.4, -0.2) is 30.0 Å². The summed E-state index contributed by atoms with van der Waals surface area (Å²) in [6, 6.07) is 4.91. The van der Waals surface area contributed by atoms with E-state index in [1.807, 2.05) is 6.92 Å². The second kappa shape index (κ2) is 9.66. The number of hydrogen-bond acceptors (Lipinski definition) is 3. The van der Waals surface area contributed by atoms with Gasteiger partial charge in [0.05, 0.1) is 6.10 Å². The largest absolute Gasteiger partial charge is 0.386 e. The van der Waals surface area contributed by atoms with E-state index in [2.05, 4.69) is 10.6 Å². The molecule has 1 rings (SSSR count). The molecule has 0 saturated heterocycles. The van der Waals surface area contributed by atoms with Crippen LogP contribution >= 0.6 is 23.2 Å². The lowest BCUT2D eigenvalue weighted by Crippen LogP contribution is -2.30. The fourth-order valence-electron chi connectivity index (χ4n) is 1.81. The van der Waals surface area contributed by atoms with Crippen LogP contribution in [0.15, 0.2) is 18.2 Å². The molecular formula is C15H20Cl2N2O3. The van der Waals surface area contributed by atoms with Crippen molar-refractivity contribution in [2.24, 2.45) is 0 Å². The van der Waals surface area contributed by atoms with Gasteiger partial charge in [0.1, 0.15) is 0 Å². The van der Waals surface area contributed by atoms with Crippen LogP contribution in [0, 0.1) is 0 Å². The second-order valence-corrected chi connectivity index (χ2v) is 5.62. The van der Waals surface area contributed by atoms with Crippen LogP contribution in [0.4, 0.5) is 0 Å². The molecule has 7 heteroatoms. The van der Waals surface area contributed by atoms with Gasteiger partial charge in [0.2, 0.25) is 11.8 Å². The maximum atomic E-state index is 11.7. The third-order valence-corrected chi connectivity index (χ3v) is 3.64. The number of rotatable bonds is 8. The van der Waals surface area contributed by atoms with E-state index in [0.717, 1.165) is 6.42 Å². The van der Waals surface area contributed by atoms with Crippen LogP contribution in [-0.2, 0) is 9.59 Å². The van der Waals surface area contributed by atoms with Crippen LogP contribution < -0.4 is 10.6 Å². The average molecular weight is 347 g/mol. The zero-order chi connectivity index (χ0) is 16.5. The summed E-state index contributed by atoms with van der Waals surface area (Å²) in [5.74, 6) is -0.472. The number of benzene rings is 1. The Hall–Kier alpha value is -1.30. The Morgan fingerprint density at radius 1 is 1.14 bits per heavy atom. The summed E-state index contributed by atoms with van der Waals surface area (Å²) in [4.78, 5) is 23.0. The normalized spacial score (nSPS) is 11.8. The molecule has 0 aliphatic carbocycles. The van der Waals surface area contributed by atoms with E-state index in [9.17, 15) is 14.7 Å². The van der Waals surface area contributed by atoms with Crippen molar-refractivity contribution in [3.63, 3.8) is 0 Å². The SMILES string of the molecule is CCCNC(=O)CCC(=O)NC[C@@H](O)c1c(Cl)cccc1Cl. The molecule has 0 aliphatic heterocycles. The molecule has 0 bridgehead atoms. The highest BCUT2D eigenvalue weighted by Gasteiger charge is 2.16. The Labute approximate surface area is 140 Å². The lowest BCUT2D eigenvalue weighted by molar-refractivity contribution is -0.126. The van der Waals surface area contributed by atoms with E-state index in [-0.39, 0.29) is 31.2 Å². The second-order valence-electron chi connectivity index (χ2n) is 4.81. The van der Waals surface area contributed by atoms with E-state index in [4.69, 9.17) is 23.2 Å². The third kappa shape index (κ3) is 6.22. The van der Waals surface area contributed by atoms with E-state index in [1.54, 1.807) is 18.2 Å². The topological polar surface area (TPSA) is 78.4 Å². The van der Waals surface area contributed by atoms with Gasteiger partial charge in [-0.3, -0.25) is 9.59 Å². The van der Waals surface area contributed by atoms with Gasteiger partial charge in [0.15, 0.2) is 0 Å². The van der Waals surface area contributed by atoms with Gasteiger partial charge in [-0.25, -0.2) is 0 Å². The quantitative estimate of drug-likeness (QED) is 0.676. The van der Waals surface area contributed by atoms with E-state index in [0.29, 0.717) is 22.2 Å². The molecule has 0 radical (unpaired) electrons. The Balaban J connectivity index is 2.39. The monoisotopic (exact) mass is 346 g/mol. The highest BCUT2D eigenvalue weighted by Crippen LogP contribution is 2.29. The van der Waals surface area contributed by atoms with Gasteiger partial charge in [-0.1, -0.05) is 36.2 Å². The predicted molar refractivity (Wildman–Crippen MR) is 87.0 cm³/mol. The highest BCUT2D eigenvalue weighted by molar-refractivity contribution is 6.36. The maximum Gasteiger partial charge on any atom is 0.220 e. The lowest BCUT2D eigenvalue weighted by Gasteiger charge is -2.15. The van der Waals surface area contributed by atoms with Crippen molar-refractivity contribution in [2.45, 2.75) is 32.3 Å². The van der Waals surface area contributed by atoms with Gasteiger partial charge in [-0.2, -0.15) is 0 Å². The molecule has 0 aliphatic rings. The Morgan fingerprint density at radius 3 is 2.23 bits per heavy atom. The summed E-state index contributed by atoms with van der Waals surface area (Å²) in [6.07, 6.45) is 0.0369. The predicted octanol–water partition coefficient (Wildman–Crippen LogP) is 2.45. The Morgan fingerprint density at radius 2 is 1.68 bits per heavy atom. The van der Waals surface area contributed by atoms with E-state index in [1.165, 1.54) is 0 Å². The van der Waals surface area contributed by atoms with Gasteiger partial charge >= 0.3 is 0 Å². The Bertz CT molecular complexity index is 503. The summed E-state index contributed by atoms with van der Waals surface area (Å²) in [7, 11) is 0. The lowest BCUT2D eigenvalue weighted by atomic mass is 10.1. The van der Waals surface area contributed by atoms with Crippen molar-refractivity contribution >= 4 is 35.0 Å². The molecule has 3 N–H and O–H groups in total. The number of amides is 2. The van der Waals surface area contributed by atoms with Crippen molar-refractivity contribution in [3.8, 4) is 0 Å². The Kier molecular flexibility index (Phi) is 8.24. The summed E-state index contributed by atoms with van der Waals surface area (Å²) in [5.41, 5.74) is 0.381. The minimum atomic E-state index is -1.00. The average Bonchev–Trinajstić information content (AvgIpc) is 2.48. The summed E-state index contributed by atoms with van der Waals surface area (Å²) < 4.78 is 0. The van der Waals surface area contributed by atoms with Crippen molar-refractivity contribution in [3.05, 3.63) is 33.8 Å². The molecule has 122 valence electrons. The van der Waals surface area contributed by atoms with E-state index >= 15 is 0 Å². The number of aliphatic hydroxyl groups excluding tert-OH is 1. The van der Waals surface area contributed by atoms with Crippen molar-refractivity contribution in [1.29, 1.82) is 0 Å². The molecule has 0 aromatic heterocycles. The number of aliphatic hydroxyl groups is 1.